The Labute approximate surface area is 502 Å². The van der Waals surface area contributed by atoms with E-state index in [0.29, 0.717) is 110 Å². The first-order valence-electron chi connectivity index (χ1n) is 29.4. The topological polar surface area (TPSA) is 281 Å². The number of aliphatic hydroxyl groups excluding tert-OH is 1. The van der Waals surface area contributed by atoms with Crippen molar-refractivity contribution in [2.24, 2.45) is 5.92 Å². The molecule has 0 spiro atoms. The molecule has 0 bridgehead atoms. The van der Waals surface area contributed by atoms with Crippen LogP contribution in [0.4, 0.5) is 15.9 Å². The van der Waals surface area contributed by atoms with Crippen molar-refractivity contribution in [2.75, 3.05) is 124 Å². The molecule has 462 valence electrons. The molecule has 86 heavy (non-hydrogen) atoms. The van der Waals surface area contributed by atoms with Crippen LogP contribution in [0, 0.1) is 18.7 Å². The molecule has 24 nitrogen and oxygen atoms in total. The average Bonchev–Trinajstić information content (AvgIpc) is 3.96. The Morgan fingerprint density at radius 3 is 2.07 bits per heavy atom. The Bertz CT molecular complexity index is 3190. The van der Waals surface area contributed by atoms with Gasteiger partial charge in [-0.05, 0) is 55.0 Å². The highest BCUT2D eigenvalue weighted by Crippen LogP contribution is 2.41. The zero-order valence-corrected chi connectivity index (χ0v) is 49.8. The van der Waals surface area contributed by atoms with Crippen LogP contribution in [0.3, 0.4) is 0 Å². The Hall–Kier alpha value is -7.30. The number of imidazole rings is 1. The molecule has 26 heteroatoms. The average molecular weight is 1210 g/mol. The summed E-state index contributed by atoms with van der Waals surface area (Å²) in [6.45, 7) is 11.9. The summed E-state index contributed by atoms with van der Waals surface area (Å²) in [6.07, 6.45) is 8.82. The maximum absolute atomic E-state index is 15.6. The first-order chi connectivity index (χ1) is 41.8. The van der Waals surface area contributed by atoms with E-state index in [1.54, 1.807) is 41.1 Å². The highest BCUT2D eigenvalue weighted by Gasteiger charge is 2.40. The fourth-order valence-corrected chi connectivity index (χ4v) is 11.0. The highest BCUT2D eigenvalue weighted by molar-refractivity contribution is 7.13. The van der Waals surface area contributed by atoms with Crippen LogP contribution >= 0.6 is 11.3 Å². The number of aromatic amines is 1. The van der Waals surface area contributed by atoms with Crippen molar-refractivity contribution in [1.82, 2.24) is 60.2 Å². The van der Waals surface area contributed by atoms with E-state index in [0.717, 1.165) is 51.5 Å². The van der Waals surface area contributed by atoms with Gasteiger partial charge in [-0.25, -0.2) is 19.3 Å². The summed E-state index contributed by atoms with van der Waals surface area (Å²) in [7, 11) is 0. The van der Waals surface area contributed by atoms with Crippen molar-refractivity contribution < 1.29 is 57.2 Å². The normalized spacial score (nSPS) is 16.7. The second-order valence-corrected chi connectivity index (χ2v) is 22.8. The molecule has 6 heterocycles. The van der Waals surface area contributed by atoms with Gasteiger partial charge in [-0.1, -0.05) is 38.1 Å². The summed E-state index contributed by atoms with van der Waals surface area (Å²) in [5.74, 6) is -1.06. The number of hydrogen-bond acceptors (Lipinski definition) is 18. The molecular weight excluding hydrogens is 1130 g/mol. The first kappa shape index (κ1) is 63.2. The number of hydrogen-bond donors (Lipinski definition) is 6. The molecule has 3 atom stereocenters. The number of halogens is 1. The quantitative estimate of drug-likeness (QED) is 0.0306. The zero-order valence-electron chi connectivity index (χ0n) is 49.0. The molecule has 4 aromatic heterocycles. The Morgan fingerprint density at radius 2 is 1.47 bits per heavy atom. The molecular formula is C60H78FN13O11S. The number of amides is 5. The number of thiazole rings is 1. The van der Waals surface area contributed by atoms with Crippen LogP contribution in [-0.4, -0.2) is 209 Å². The van der Waals surface area contributed by atoms with Crippen molar-refractivity contribution >= 4 is 58.0 Å². The molecule has 6 aromatic rings. The maximum atomic E-state index is 15.6. The first-order valence-corrected chi connectivity index (χ1v) is 30.3. The third-order valence-corrected chi connectivity index (χ3v) is 15.9. The van der Waals surface area contributed by atoms with Crippen LogP contribution in [0.1, 0.15) is 85.2 Å². The van der Waals surface area contributed by atoms with Gasteiger partial charge in [0.25, 0.3) is 5.91 Å². The van der Waals surface area contributed by atoms with Gasteiger partial charge < -0.3 is 59.9 Å². The summed E-state index contributed by atoms with van der Waals surface area (Å²) in [6, 6.07) is 10.5. The minimum absolute atomic E-state index is 0.0491. The Morgan fingerprint density at radius 1 is 0.802 bits per heavy atom. The number of H-pyrrole nitrogens is 1. The lowest BCUT2D eigenvalue weighted by Gasteiger charge is -2.34. The van der Waals surface area contributed by atoms with E-state index in [1.165, 1.54) is 22.3 Å². The van der Waals surface area contributed by atoms with Crippen LogP contribution in [0.25, 0.3) is 27.3 Å². The van der Waals surface area contributed by atoms with E-state index in [1.807, 2.05) is 60.5 Å². The van der Waals surface area contributed by atoms with Gasteiger partial charge >= 0.3 is 0 Å². The highest BCUT2D eigenvalue weighted by atomic mass is 32.1. The number of aliphatic hydroxyl groups is 1. The molecule has 2 saturated heterocycles. The summed E-state index contributed by atoms with van der Waals surface area (Å²) in [5, 5.41) is 29.2. The minimum atomic E-state index is -0.840. The largest absolute Gasteiger partial charge is 0.391 e. The Balaban J connectivity index is 0.568. The van der Waals surface area contributed by atoms with E-state index in [2.05, 4.69) is 41.4 Å². The molecule has 5 amide bonds. The van der Waals surface area contributed by atoms with Crippen molar-refractivity contribution in [3.05, 3.63) is 101 Å². The summed E-state index contributed by atoms with van der Waals surface area (Å²) in [5.41, 5.74) is 7.95. The molecule has 9 rings (SSSR count). The SMILES string of the molecule is Cc1ncsc1-c1ccc([C@H](CC(=O)NCCOCCOCCOCCOCCOCCNC(=O)CN2CCN(C(=O)c3ccc(Nc4nc(C5CC5)cn5c(-c6cn[nH]c6)cnc45)c(F)c3)CC2)NC(=O)[C@@H]2C[C@@H](O)CN2C(=O)CC(C)C)cc1. The number of ether oxygens (including phenoxy) is 5. The number of carbonyl (C=O) groups excluding carboxylic acids is 5. The lowest BCUT2D eigenvalue weighted by Crippen LogP contribution is -2.51. The smallest absolute Gasteiger partial charge is 0.254 e. The molecule has 3 fully saturated rings. The number of carbonyl (C=O) groups is 5. The maximum Gasteiger partial charge on any atom is 0.254 e. The number of anilines is 2. The number of rotatable bonds is 33. The van der Waals surface area contributed by atoms with Gasteiger partial charge in [0, 0.05) is 88.1 Å². The predicted molar refractivity (Wildman–Crippen MR) is 318 cm³/mol. The molecule has 2 aliphatic heterocycles. The third kappa shape index (κ3) is 17.9. The van der Waals surface area contributed by atoms with Gasteiger partial charge in [0.1, 0.15) is 11.9 Å². The lowest BCUT2D eigenvalue weighted by atomic mass is 10.00. The number of β-amino-alcohol motifs (C(OH)–C–C–N with tert-alkyl or cyclic N) is 1. The number of aromatic nitrogens is 6. The molecule has 1 aliphatic carbocycles. The number of nitrogens with zero attached hydrogens (tertiary/aromatic N) is 8. The van der Waals surface area contributed by atoms with Crippen molar-refractivity contribution in [1.29, 1.82) is 0 Å². The van der Waals surface area contributed by atoms with Gasteiger partial charge in [-0.3, -0.25) is 38.4 Å². The van der Waals surface area contributed by atoms with Crippen LogP contribution < -0.4 is 21.3 Å². The fraction of sp³-hybridized carbons (Fsp3) is 0.517. The van der Waals surface area contributed by atoms with Crippen molar-refractivity contribution in [2.45, 2.75) is 77.0 Å². The number of benzene rings is 2. The van der Waals surface area contributed by atoms with Gasteiger partial charge in [-0.15, -0.1) is 11.3 Å². The molecule has 1 saturated carbocycles. The molecule has 0 radical (unpaired) electrons. The van der Waals surface area contributed by atoms with E-state index >= 15 is 4.39 Å². The van der Waals surface area contributed by atoms with E-state index in [4.69, 9.17) is 28.7 Å². The summed E-state index contributed by atoms with van der Waals surface area (Å²) < 4.78 is 45.6. The van der Waals surface area contributed by atoms with Crippen molar-refractivity contribution in [3.63, 3.8) is 0 Å². The van der Waals surface area contributed by atoms with Crippen LogP contribution in [0.15, 0.2) is 72.8 Å². The third-order valence-electron chi connectivity index (χ3n) is 14.9. The van der Waals surface area contributed by atoms with Crippen LogP contribution in [0.5, 0.6) is 0 Å². The van der Waals surface area contributed by atoms with Crippen LogP contribution in [0.2, 0.25) is 0 Å². The summed E-state index contributed by atoms with van der Waals surface area (Å²) in [4.78, 5) is 85.9. The second-order valence-electron chi connectivity index (χ2n) is 22.0. The lowest BCUT2D eigenvalue weighted by molar-refractivity contribution is -0.139. The monoisotopic (exact) mass is 1210 g/mol. The van der Waals surface area contributed by atoms with E-state index in [9.17, 15) is 29.1 Å². The van der Waals surface area contributed by atoms with E-state index in [-0.39, 0.29) is 86.3 Å². The van der Waals surface area contributed by atoms with E-state index < -0.39 is 29.9 Å². The van der Waals surface area contributed by atoms with Crippen molar-refractivity contribution in [3.8, 4) is 21.7 Å². The Kier molecular flexibility index (Phi) is 23.1. The summed E-state index contributed by atoms with van der Waals surface area (Å²) >= 11 is 1.53. The zero-order chi connectivity index (χ0) is 60.4. The number of aryl methyl sites for hydroxylation is 1. The van der Waals surface area contributed by atoms with Gasteiger partial charge in [0.05, 0.1) is 137 Å². The number of likely N-dealkylation sites (tertiary alicyclic amines) is 1. The van der Waals surface area contributed by atoms with Gasteiger partial charge in [0.15, 0.2) is 11.5 Å². The number of fused-ring (bicyclic) bond motifs is 1. The minimum Gasteiger partial charge on any atom is -0.391 e. The number of nitrogens with one attached hydrogen (secondary N) is 5. The molecule has 2 aromatic carbocycles. The standard InChI is InChI=1S/C60H78FN13O11S/c1-39(2)28-55(78)73-35-46(75)30-51(73)59(79)70-49(41-6-8-43(9-7-41)56-40(3)65-38-86-56)31-53(76)62-12-18-81-20-22-83-24-26-85-27-25-84-23-21-82-19-13-63-54(77)37-71-14-16-72(17-15-71)60(80)44-10-11-48(47(61)29-44)68-57-58-64-34-52(45-32-66-67-33-45)74(58)36-50(69-57)42-4-5-42/h6-11,29,32-34,36,38-39,42,46,49,51,75H,4-5,12-28,30-31,35,37H2,1-3H3,(H,62,76)(H,63,77)(H,66,67)(H,68,69)(H,70,79)/t46-,49+,51+/m1/s1. The second kappa shape index (κ2) is 31.4. The van der Waals surface area contributed by atoms with Gasteiger partial charge in [-0.2, -0.15) is 5.10 Å². The molecule has 0 unspecified atom stereocenters. The fourth-order valence-electron chi connectivity index (χ4n) is 10.2. The van der Waals surface area contributed by atoms with Gasteiger partial charge in [0.2, 0.25) is 23.6 Å². The van der Waals surface area contributed by atoms with Crippen LogP contribution in [-0.2, 0) is 42.9 Å². The predicted octanol–water partition coefficient (Wildman–Crippen LogP) is 4.64. The molecule has 6 N–H and O–H groups in total. The number of piperazine rings is 1. The molecule has 3 aliphatic rings.